The van der Waals surface area contributed by atoms with Gasteiger partial charge in [0.1, 0.15) is 11.9 Å². The van der Waals surface area contributed by atoms with Crippen molar-refractivity contribution in [2.45, 2.75) is 51.6 Å². The van der Waals surface area contributed by atoms with Crippen molar-refractivity contribution in [1.29, 1.82) is 0 Å². The molecule has 0 spiro atoms. The fourth-order valence-corrected chi connectivity index (χ4v) is 3.76. The Hall–Kier alpha value is -2.70. The number of hydrogen-bond acceptors (Lipinski definition) is 3. The van der Waals surface area contributed by atoms with Gasteiger partial charge >= 0.3 is 0 Å². The number of amides is 2. The Bertz CT molecular complexity index is 886. The topological polar surface area (TPSA) is 67.2 Å². The van der Waals surface area contributed by atoms with Gasteiger partial charge in [-0.1, -0.05) is 0 Å². The second-order valence-corrected chi connectivity index (χ2v) is 7.39. The number of rotatable bonds is 5. The maximum Gasteiger partial charge on any atom is 0.245 e. The average molecular weight is 370 g/mol. The molecule has 1 N–H and O–H groups in total. The number of carbonyl (C=O) groups is 2. The van der Waals surface area contributed by atoms with Crippen molar-refractivity contribution < 1.29 is 14.0 Å². The molecule has 1 atom stereocenters. The molecule has 1 aliphatic heterocycles. The minimum Gasteiger partial charge on any atom is -0.344 e. The fraction of sp³-hybridized carbons (Fsp3) is 0.450. The summed E-state index contributed by atoms with van der Waals surface area (Å²) in [6.07, 6.45) is 3.00. The second kappa shape index (κ2) is 6.79. The first-order chi connectivity index (χ1) is 12.9. The quantitative estimate of drug-likeness (QED) is 0.876. The van der Waals surface area contributed by atoms with Crippen LogP contribution in [0.4, 0.5) is 4.39 Å². The van der Waals surface area contributed by atoms with E-state index in [-0.39, 0.29) is 24.1 Å². The van der Waals surface area contributed by atoms with Gasteiger partial charge in [-0.15, -0.1) is 0 Å². The Morgan fingerprint density at radius 1 is 1.22 bits per heavy atom. The molecule has 2 amide bonds. The molecule has 7 heteroatoms. The van der Waals surface area contributed by atoms with E-state index < -0.39 is 6.04 Å². The van der Waals surface area contributed by atoms with Crippen molar-refractivity contribution in [2.75, 3.05) is 6.54 Å². The zero-order valence-corrected chi connectivity index (χ0v) is 15.5. The van der Waals surface area contributed by atoms with Gasteiger partial charge in [0.25, 0.3) is 0 Å². The number of hydrogen-bond donors (Lipinski definition) is 1. The van der Waals surface area contributed by atoms with Crippen molar-refractivity contribution >= 4 is 11.8 Å². The van der Waals surface area contributed by atoms with E-state index in [9.17, 15) is 14.0 Å². The predicted molar refractivity (Wildman–Crippen MR) is 98.0 cm³/mol. The number of benzene rings is 1. The Labute approximate surface area is 157 Å². The molecule has 1 unspecified atom stereocenters. The molecule has 2 aliphatic rings. The number of aromatic nitrogens is 2. The zero-order valence-electron chi connectivity index (χ0n) is 15.5. The van der Waals surface area contributed by atoms with Crippen LogP contribution in [0.15, 0.2) is 24.3 Å². The van der Waals surface area contributed by atoms with E-state index in [1.165, 1.54) is 12.1 Å². The number of carbonyl (C=O) groups excluding carboxylic acids is 2. The van der Waals surface area contributed by atoms with Crippen LogP contribution >= 0.6 is 0 Å². The molecule has 2 aromatic rings. The van der Waals surface area contributed by atoms with Crippen LogP contribution in [0.2, 0.25) is 0 Å². The predicted octanol–water partition coefficient (Wildman–Crippen LogP) is 2.05. The lowest BCUT2D eigenvalue weighted by atomic mass is 10.1. The third-order valence-corrected chi connectivity index (χ3v) is 5.41. The molecule has 1 saturated heterocycles. The molecule has 27 heavy (non-hydrogen) atoms. The van der Waals surface area contributed by atoms with Crippen molar-refractivity contribution in [3.8, 4) is 5.69 Å². The van der Waals surface area contributed by atoms with Gasteiger partial charge in [0.15, 0.2) is 0 Å². The third kappa shape index (κ3) is 3.46. The first kappa shape index (κ1) is 17.7. The van der Waals surface area contributed by atoms with Crippen LogP contribution in [0.5, 0.6) is 0 Å². The number of likely N-dealkylation sites (tertiary alicyclic amines) is 1. The number of aryl methyl sites for hydroxylation is 1. The Kier molecular flexibility index (Phi) is 4.45. The molecular formula is C20H23FN4O2. The Morgan fingerprint density at radius 3 is 2.59 bits per heavy atom. The summed E-state index contributed by atoms with van der Waals surface area (Å²) < 4.78 is 14.9. The van der Waals surface area contributed by atoms with Crippen molar-refractivity contribution in [3.63, 3.8) is 0 Å². The zero-order chi connectivity index (χ0) is 19.1. The number of nitrogens with zero attached hydrogens (tertiary/aromatic N) is 3. The largest absolute Gasteiger partial charge is 0.344 e. The van der Waals surface area contributed by atoms with E-state index in [0.29, 0.717) is 12.5 Å². The van der Waals surface area contributed by atoms with Crippen molar-refractivity contribution in [2.24, 2.45) is 0 Å². The minimum atomic E-state index is -0.411. The van der Waals surface area contributed by atoms with E-state index in [0.717, 1.165) is 42.0 Å². The highest BCUT2D eigenvalue weighted by Gasteiger charge is 2.40. The van der Waals surface area contributed by atoms with E-state index in [1.54, 1.807) is 16.8 Å². The van der Waals surface area contributed by atoms with Gasteiger partial charge in [0.2, 0.25) is 11.8 Å². The molecule has 1 aliphatic carbocycles. The summed E-state index contributed by atoms with van der Waals surface area (Å²) in [5, 5.41) is 7.38. The molecule has 4 rings (SSSR count). The lowest BCUT2D eigenvalue weighted by Crippen LogP contribution is -2.42. The van der Waals surface area contributed by atoms with E-state index in [1.807, 2.05) is 18.7 Å². The van der Waals surface area contributed by atoms with Gasteiger partial charge in [0, 0.05) is 23.8 Å². The second-order valence-electron chi connectivity index (χ2n) is 7.39. The first-order valence-electron chi connectivity index (χ1n) is 9.35. The molecule has 0 radical (unpaired) electrons. The highest BCUT2D eigenvalue weighted by Crippen LogP contribution is 2.30. The highest BCUT2D eigenvalue weighted by atomic mass is 19.1. The summed E-state index contributed by atoms with van der Waals surface area (Å²) in [6.45, 7) is 4.47. The number of nitrogens with one attached hydrogen (secondary N) is 1. The maximum atomic E-state index is 13.2. The molecule has 2 heterocycles. The van der Waals surface area contributed by atoms with Gasteiger partial charge in [-0.05, 0) is 57.4 Å². The maximum absolute atomic E-state index is 13.2. The normalized spacial score (nSPS) is 19.6. The molecule has 0 bridgehead atoms. The molecule has 6 nitrogen and oxygen atoms in total. The van der Waals surface area contributed by atoms with Crippen LogP contribution in [0, 0.1) is 19.7 Å². The van der Waals surface area contributed by atoms with E-state index in [4.69, 9.17) is 0 Å². The average Bonchev–Trinajstić information content (AvgIpc) is 3.37. The van der Waals surface area contributed by atoms with Crippen LogP contribution in [0.1, 0.15) is 36.2 Å². The van der Waals surface area contributed by atoms with E-state index >= 15 is 0 Å². The smallest absolute Gasteiger partial charge is 0.245 e. The van der Waals surface area contributed by atoms with Crippen molar-refractivity contribution in [1.82, 2.24) is 20.0 Å². The summed E-state index contributed by atoms with van der Waals surface area (Å²) in [5.41, 5.74) is 3.17. The molecule has 2 fully saturated rings. The lowest BCUT2D eigenvalue weighted by Gasteiger charge is -2.16. The van der Waals surface area contributed by atoms with Crippen LogP contribution < -0.4 is 5.32 Å². The summed E-state index contributed by atoms with van der Waals surface area (Å²) >= 11 is 0. The molecule has 1 aromatic carbocycles. The minimum absolute atomic E-state index is 0.0429. The summed E-state index contributed by atoms with van der Waals surface area (Å²) in [6, 6.07) is 6.05. The van der Waals surface area contributed by atoms with Crippen LogP contribution in [-0.2, 0) is 16.0 Å². The van der Waals surface area contributed by atoms with Gasteiger partial charge in [-0.2, -0.15) is 5.10 Å². The standard InChI is InChI=1S/C20H23FN4O2/c1-12-17(13(2)25(23-12)16-5-3-14(21)4-6-16)11-19(26)22-18-9-10-24(20(18)27)15-7-8-15/h3-6,15,18H,7-11H2,1-2H3,(H,22,26). The van der Waals surface area contributed by atoms with Gasteiger partial charge < -0.3 is 10.2 Å². The molecule has 1 saturated carbocycles. The first-order valence-corrected chi connectivity index (χ1v) is 9.35. The van der Waals surface area contributed by atoms with E-state index in [2.05, 4.69) is 10.4 Å². The third-order valence-electron chi connectivity index (χ3n) is 5.41. The van der Waals surface area contributed by atoms with Crippen molar-refractivity contribution in [3.05, 3.63) is 47.0 Å². The molecular weight excluding hydrogens is 347 g/mol. The van der Waals surface area contributed by atoms with Gasteiger partial charge in [-0.25, -0.2) is 9.07 Å². The highest BCUT2D eigenvalue weighted by molar-refractivity contribution is 5.90. The summed E-state index contributed by atoms with van der Waals surface area (Å²) in [4.78, 5) is 26.8. The number of halogens is 1. The van der Waals surface area contributed by atoms with Crippen LogP contribution in [-0.4, -0.2) is 45.1 Å². The lowest BCUT2D eigenvalue weighted by molar-refractivity contribution is -0.132. The molecule has 1 aromatic heterocycles. The molecule has 142 valence electrons. The van der Waals surface area contributed by atoms with Crippen LogP contribution in [0.3, 0.4) is 0 Å². The summed E-state index contributed by atoms with van der Waals surface area (Å²) in [5.74, 6) is -0.432. The fourth-order valence-electron chi connectivity index (χ4n) is 3.76. The Balaban J connectivity index is 1.45. The van der Waals surface area contributed by atoms with Crippen LogP contribution in [0.25, 0.3) is 5.69 Å². The SMILES string of the molecule is Cc1nn(-c2ccc(F)cc2)c(C)c1CC(=O)NC1CCN(C2CC2)C1=O. The van der Waals surface area contributed by atoms with Gasteiger partial charge in [-0.3, -0.25) is 9.59 Å². The van der Waals surface area contributed by atoms with Gasteiger partial charge in [0.05, 0.1) is 17.8 Å². The summed E-state index contributed by atoms with van der Waals surface area (Å²) in [7, 11) is 0. The monoisotopic (exact) mass is 370 g/mol. The Morgan fingerprint density at radius 2 is 1.93 bits per heavy atom.